The molecule has 0 saturated heterocycles. The fourth-order valence-electron chi connectivity index (χ4n) is 1.21. The van der Waals surface area contributed by atoms with Gasteiger partial charge in [0.2, 0.25) is 0 Å². The molecule has 0 bridgehead atoms. The number of carbonyl (C=O) groups excluding carboxylic acids is 1. The smallest absolute Gasteiger partial charge is 0.407 e. The number of ether oxygens (including phenoxy) is 1. The average molecular weight is 295 g/mol. The van der Waals surface area contributed by atoms with Crippen LogP contribution in [0.25, 0.3) is 0 Å². The summed E-state index contributed by atoms with van der Waals surface area (Å²) in [6.07, 6.45) is 2.27. The standard InChI is InChI=1S/C10H21N3O7/c11-8(9(14)15)7-19-10(16)12-5-3-1-2-4-6-20-13(17)18/h8,17-18H,1-7,11H2,(H,12,16)(H,14,15). The van der Waals surface area contributed by atoms with Crippen LogP contribution in [0, 0.1) is 0 Å². The summed E-state index contributed by atoms with van der Waals surface area (Å²) < 4.78 is 4.60. The van der Waals surface area contributed by atoms with Gasteiger partial charge in [-0.05, 0) is 12.8 Å². The van der Waals surface area contributed by atoms with E-state index in [1.165, 1.54) is 0 Å². The fourth-order valence-corrected chi connectivity index (χ4v) is 1.21. The minimum Gasteiger partial charge on any atom is -0.480 e. The van der Waals surface area contributed by atoms with Gasteiger partial charge < -0.3 is 20.9 Å². The molecule has 0 rings (SSSR count). The topological polar surface area (TPSA) is 155 Å². The highest BCUT2D eigenvalue weighted by atomic mass is 17.1. The van der Waals surface area contributed by atoms with Gasteiger partial charge in [-0.2, -0.15) is 0 Å². The van der Waals surface area contributed by atoms with E-state index in [4.69, 9.17) is 21.3 Å². The number of rotatable bonds is 11. The van der Waals surface area contributed by atoms with Crippen LogP contribution in [0.4, 0.5) is 4.79 Å². The number of carbonyl (C=O) groups is 2. The van der Waals surface area contributed by atoms with Gasteiger partial charge in [-0.25, -0.2) is 4.79 Å². The van der Waals surface area contributed by atoms with Crippen LogP contribution in [-0.4, -0.2) is 58.8 Å². The highest BCUT2D eigenvalue weighted by Gasteiger charge is 2.13. The molecule has 0 heterocycles. The third-order valence-corrected chi connectivity index (χ3v) is 2.26. The molecule has 6 N–H and O–H groups in total. The second-order valence-corrected chi connectivity index (χ2v) is 3.97. The van der Waals surface area contributed by atoms with Gasteiger partial charge in [-0.3, -0.25) is 20.0 Å². The van der Waals surface area contributed by atoms with Crippen molar-refractivity contribution >= 4 is 12.1 Å². The van der Waals surface area contributed by atoms with Crippen molar-refractivity contribution in [1.82, 2.24) is 10.7 Å². The molecule has 20 heavy (non-hydrogen) atoms. The molecular weight excluding hydrogens is 274 g/mol. The summed E-state index contributed by atoms with van der Waals surface area (Å²) in [6, 6.07) is -1.22. The van der Waals surface area contributed by atoms with Crippen LogP contribution in [0.15, 0.2) is 0 Å². The molecule has 0 aromatic carbocycles. The predicted octanol–water partition coefficient (Wildman–Crippen LogP) is -0.303. The molecule has 1 unspecified atom stereocenters. The van der Waals surface area contributed by atoms with E-state index in [1.54, 1.807) is 0 Å². The summed E-state index contributed by atoms with van der Waals surface area (Å²) in [5.41, 5.74) is 5.15. The molecule has 10 nitrogen and oxygen atoms in total. The molecule has 0 aliphatic rings. The summed E-state index contributed by atoms with van der Waals surface area (Å²) >= 11 is 0. The number of amides is 1. The number of nitrogens with two attached hydrogens (primary N) is 1. The normalized spacial score (nSPS) is 12.2. The Labute approximate surface area is 115 Å². The van der Waals surface area contributed by atoms with Crippen molar-refractivity contribution in [3.05, 3.63) is 0 Å². The molecule has 0 aromatic heterocycles. The second kappa shape index (κ2) is 11.4. The highest BCUT2D eigenvalue weighted by Crippen LogP contribution is 1.99. The molecule has 0 spiro atoms. The molecule has 0 aliphatic heterocycles. The number of unbranched alkanes of at least 4 members (excludes halogenated alkanes) is 3. The first-order chi connectivity index (χ1) is 9.43. The minimum absolute atomic E-state index is 0.190. The molecule has 0 fully saturated rings. The number of hydrogen-bond donors (Lipinski definition) is 5. The zero-order chi connectivity index (χ0) is 15.4. The van der Waals surface area contributed by atoms with E-state index in [0.717, 1.165) is 12.8 Å². The van der Waals surface area contributed by atoms with E-state index in [1.807, 2.05) is 0 Å². The number of alkyl carbamates (subject to hydrolysis) is 1. The van der Waals surface area contributed by atoms with E-state index >= 15 is 0 Å². The Bertz CT molecular complexity index is 288. The van der Waals surface area contributed by atoms with Gasteiger partial charge in [0.05, 0.1) is 12.0 Å². The number of hydrogen-bond acceptors (Lipinski definition) is 8. The SMILES string of the molecule is NC(COC(=O)NCCCCCCON(O)O)C(=O)O. The van der Waals surface area contributed by atoms with Crippen LogP contribution in [0.5, 0.6) is 0 Å². The lowest BCUT2D eigenvalue weighted by Gasteiger charge is -2.09. The monoisotopic (exact) mass is 295 g/mol. The van der Waals surface area contributed by atoms with Crippen LogP contribution in [-0.2, 0) is 14.4 Å². The molecule has 1 amide bonds. The first-order valence-corrected chi connectivity index (χ1v) is 6.13. The van der Waals surface area contributed by atoms with E-state index in [0.29, 0.717) is 19.4 Å². The minimum atomic E-state index is -1.23. The van der Waals surface area contributed by atoms with Gasteiger partial charge in [0, 0.05) is 6.54 Å². The lowest BCUT2D eigenvalue weighted by Crippen LogP contribution is -2.37. The molecule has 118 valence electrons. The van der Waals surface area contributed by atoms with Crippen molar-refractivity contribution in [2.45, 2.75) is 31.7 Å². The Balaban J connectivity index is 3.33. The van der Waals surface area contributed by atoms with E-state index in [9.17, 15) is 9.59 Å². The zero-order valence-electron chi connectivity index (χ0n) is 11.0. The van der Waals surface area contributed by atoms with Crippen molar-refractivity contribution < 1.29 is 34.7 Å². The van der Waals surface area contributed by atoms with Gasteiger partial charge in [0.1, 0.15) is 12.6 Å². The van der Waals surface area contributed by atoms with Gasteiger partial charge in [-0.15, -0.1) is 0 Å². The lowest BCUT2D eigenvalue weighted by molar-refractivity contribution is -0.492. The first-order valence-electron chi connectivity index (χ1n) is 6.13. The van der Waals surface area contributed by atoms with Gasteiger partial charge in [-0.1, -0.05) is 12.8 Å². The molecule has 0 aromatic rings. The average Bonchev–Trinajstić information content (AvgIpc) is 2.38. The van der Waals surface area contributed by atoms with Crippen LogP contribution in [0.1, 0.15) is 25.7 Å². The first kappa shape index (κ1) is 18.5. The largest absolute Gasteiger partial charge is 0.480 e. The lowest BCUT2D eigenvalue weighted by atomic mass is 10.2. The second-order valence-electron chi connectivity index (χ2n) is 3.97. The zero-order valence-corrected chi connectivity index (χ0v) is 11.0. The quantitative estimate of drug-likeness (QED) is 0.255. The Kier molecular flexibility index (Phi) is 10.5. The van der Waals surface area contributed by atoms with Crippen molar-refractivity contribution in [2.75, 3.05) is 19.8 Å². The number of carboxylic acids is 1. The van der Waals surface area contributed by atoms with Gasteiger partial charge in [0.25, 0.3) is 0 Å². The highest BCUT2D eigenvalue weighted by molar-refractivity contribution is 5.74. The van der Waals surface area contributed by atoms with Gasteiger partial charge >= 0.3 is 12.1 Å². The molecule has 0 saturated carbocycles. The van der Waals surface area contributed by atoms with Crippen LogP contribution >= 0.6 is 0 Å². The third kappa shape index (κ3) is 11.6. The fraction of sp³-hybridized carbons (Fsp3) is 0.800. The van der Waals surface area contributed by atoms with E-state index < -0.39 is 18.1 Å². The molecule has 10 heteroatoms. The van der Waals surface area contributed by atoms with Crippen molar-refractivity contribution in [1.29, 1.82) is 0 Å². The number of nitrogens with one attached hydrogen (secondary N) is 1. The summed E-state index contributed by atoms with van der Waals surface area (Å²) in [4.78, 5) is 25.8. The molecule has 0 radical (unpaired) electrons. The summed E-state index contributed by atoms with van der Waals surface area (Å²) in [6.45, 7) is 0.209. The van der Waals surface area contributed by atoms with Crippen molar-refractivity contribution in [2.24, 2.45) is 5.73 Å². The maximum Gasteiger partial charge on any atom is 0.407 e. The Morgan fingerprint density at radius 2 is 1.85 bits per heavy atom. The Morgan fingerprint density at radius 1 is 1.20 bits per heavy atom. The molecular formula is C10H21N3O7. The predicted molar refractivity (Wildman–Crippen MR) is 64.8 cm³/mol. The van der Waals surface area contributed by atoms with Crippen molar-refractivity contribution in [3.8, 4) is 0 Å². The molecule has 1 atom stereocenters. The molecule has 0 aliphatic carbocycles. The van der Waals surface area contributed by atoms with Crippen LogP contribution in [0.2, 0.25) is 0 Å². The summed E-state index contributed by atoms with van der Waals surface area (Å²) in [7, 11) is 0. The van der Waals surface area contributed by atoms with E-state index in [2.05, 4.69) is 14.9 Å². The number of nitrogens with zero attached hydrogens (tertiary/aromatic N) is 1. The third-order valence-electron chi connectivity index (χ3n) is 2.26. The van der Waals surface area contributed by atoms with Crippen molar-refractivity contribution in [3.63, 3.8) is 0 Å². The van der Waals surface area contributed by atoms with E-state index in [-0.39, 0.29) is 18.6 Å². The Hall–Kier alpha value is -1.46. The van der Waals surface area contributed by atoms with Gasteiger partial charge in [0.15, 0.2) is 0 Å². The van der Waals surface area contributed by atoms with Crippen LogP contribution < -0.4 is 11.1 Å². The Morgan fingerprint density at radius 3 is 2.45 bits per heavy atom. The number of aliphatic carboxylic acids is 1. The maximum atomic E-state index is 11.1. The van der Waals surface area contributed by atoms with Crippen LogP contribution in [0.3, 0.4) is 0 Å². The number of carboxylic acid groups (broad SMARTS) is 1. The summed E-state index contributed by atoms with van der Waals surface area (Å²) in [5.74, 6) is -1.23. The summed E-state index contributed by atoms with van der Waals surface area (Å²) in [5, 5.41) is 27.1. The maximum absolute atomic E-state index is 11.1.